The number of para-hydroxylation sites is 3. The lowest BCUT2D eigenvalue weighted by Gasteiger charge is -2.14. The van der Waals surface area contributed by atoms with Gasteiger partial charge in [0.15, 0.2) is 0 Å². The molecule has 228 valence electrons. The molecule has 0 aliphatic heterocycles. The van der Waals surface area contributed by atoms with Gasteiger partial charge in [-0.2, -0.15) is 0 Å². The third-order valence-corrected chi connectivity index (χ3v) is 9.76. The van der Waals surface area contributed by atoms with Crippen molar-refractivity contribution in [3.05, 3.63) is 168 Å². The number of benzene rings is 5. The number of allylic oxidation sites excluding steroid dienone is 1. The molecule has 6 nitrogen and oxygen atoms in total. The Morgan fingerprint density at radius 2 is 1.04 bits per heavy atom. The lowest BCUT2D eigenvalue weighted by atomic mass is 10.0. The van der Waals surface area contributed by atoms with Gasteiger partial charge in [0.1, 0.15) is 0 Å². The van der Waals surface area contributed by atoms with Gasteiger partial charge in [-0.25, -0.2) is 4.79 Å². The van der Waals surface area contributed by atoms with Gasteiger partial charge < -0.3 is 9.13 Å². The van der Waals surface area contributed by atoms with E-state index in [2.05, 4.69) is 123 Å². The summed E-state index contributed by atoms with van der Waals surface area (Å²) in [5, 5.41) is 3.65. The standard InChI is InChI=1S/C42H29N5O/c48-42-46(30-13-9-11-28(25-30)44-36-19-5-1-15-32(36)33-16-2-6-20-37(33)44)40-23-24-43-27-41(40)47(42)31-14-10-12-29(26-31)45-38-21-7-3-17-34(38)35-18-4-8-22-39(35)45/h1-7,9-21,23-27H,8,22H2. The van der Waals surface area contributed by atoms with Crippen molar-refractivity contribution in [2.75, 3.05) is 0 Å². The summed E-state index contributed by atoms with van der Waals surface area (Å²) >= 11 is 0. The predicted octanol–water partition coefficient (Wildman–Crippen LogP) is 9.18. The molecular weight excluding hydrogens is 590 g/mol. The summed E-state index contributed by atoms with van der Waals surface area (Å²) in [4.78, 5) is 19.1. The zero-order valence-corrected chi connectivity index (χ0v) is 26.0. The summed E-state index contributed by atoms with van der Waals surface area (Å²) in [6.45, 7) is 0. The van der Waals surface area contributed by atoms with E-state index in [1.807, 2.05) is 30.3 Å². The van der Waals surface area contributed by atoms with Gasteiger partial charge in [0.2, 0.25) is 0 Å². The highest BCUT2D eigenvalue weighted by molar-refractivity contribution is 6.09. The Hall–Kier alpha value is -6.40. The van der Waals surface area contributed by atoms with Crippen molar-refractivity contribution < 1.29 is 0 Å². The Morgan fingerprint density at radius 1 is 0.500 bits per heavy atom. The Morgan fingerprint density at radius 3 is 1.71 bits per heavy atom. The first-order chi connectivity index (χ1) is 23.8. The van der Waals surface area contributed by atoms with Gasteiger partial charge in [-0.1, -0.05) is 78.9 Å². The molecule has 1 aliphatic rings. The third-order valence-electron chi connectivity index (χ3n) is 9.76. The smallest absolute Gasteiger partial charge is 0.313 e. The van der Waals surface area contributed by atoms with Crippen molar-refractivity contribution in [2.24, 2.45) is 0 Å². The Labute approximate surface area is 275 Å². The van der Waals surface area contributed by atoms with Crippen molar-refractivity contribution in [2.45, 2.75) is 12.8 Å². The molecule has 4 heterocycles. The number of pyridine rings is 1. The fraction of sp³-hybridized carbons (Fsp3) is 0.0476. The molecule has 48 heavy (non-hydrogen) atoms. The molecule has 0 atom stereocenters. The predicted molar refractivity (Wildman–Crippen MR) is 195 cm³/mol. The van der Waals surface area contributed by atoms with Crippen molar-refractivity contribution >= 4 is 49.8 Å². The van der Waals surface area contributed by atoms with E-state index in [1.165, 1.54) is 32.9 Å². The topological polar surface area (TPSA) is 49.7 Å². The average molecular weight is 620 g/mol. The summed E-state index contributed by atoms with van der Waals surface area (Å²) in [7, 11) is 0. The van der Waals surface area contributed by atoms with E-state index in [1.54, 1.807) is 21.5 Å². The van der Waals surface area contributed by atoms with Crippen LogP contribution in [-0.4, -0.2) is 23.3 Å². The molecule has 0 fully saturated rings. The monoisotopic (exact) mass is 619 g/mol. The summed E-state index contributed by atoms with van der Waals surface area (Å²) < 4.78 is 8.23. The van der Waals surface area contributed by atoms with Crippen LogP contribution in [-0.2, 0) is 6.42 Å². The van der Waals surface area contributed by atoms with Crippen molar-refractivity contribution in [1.82, 2.24) is 23.3 Å². The van der Waals surface area contributed by atoms with Crippen LogP contribution >= 0.6 is 0 Å². The molecule has 0 N–H and O–H groups in total. The van der Waals surface area contributed by atoms with Crippen LogP contribution in [0.25, 0.3) is 72.6 Å². The SMILES string of the molecule is O=c1n(-c2cccc(-n3c4ccccc4c4ccccc43)c2)c2ccncc2n1-c1cccc(-n2c3c(c4ccccc42)C=CCC3)c1. The quantitative estimate of drug-likeness (QED) is 0.197. The summed E-state index contributed by atoms with van der Waals surface area (Å²) in [6.07, 6.45) is 10.0. The molecule has 0 saturated heterocycles. The summed E-state index contributed by atoms with van der Waals surface area (Å²) in [5.74, 6) is 0. The average Bonchev–Trinajstić information content (AvgIpc) is 3.77. The first-order valence-electron chi connectivity index (χ1n) is 16.3. The molecule has 4 aromatic heterocycles. The second kappa shape index (κ2) is 10.3. The van der Waals surface area contributed by atoms with Crippen molar-refractivity contribution in [3.63, 3.8) is 0 Å². The lowest BCUT2D eigenvalue weighted by molar-refractivity contribution is 0.884. The van der Waals surface area contributed by atoms with E-state index in [-0.39, 0.29) is 5.69 Å². The number of nitrogens with zero attached hydrogens (tertiary/aromatic N) is 5. The number of fused-ring (bicyclic) bond motifs is 7. The van der Waals surface area contributed by atoms with Gasteiger partial charge in [0.25, 0.3) is 0 Å². The van der Waals surface area contributed by atoms with Crippen LogP contribution in [0.4, 0.5) is 0 Å². The molecule has 0 radical (unpaired) electrons. The highest BCUT2D eigenvalue weighted by Crippen LogP contribution is 2.35. The maximum Gasteiger partial charge on any atom is 0.338 e. The summed E-state index contributed by atoms with van der Waals surface area (Å²) in [5.41, 5.74) is 11.0. The summed E-state index contributed by atoms with van der Waals surface area (Å²) in [6, 6.07) is 44.0. The van der Waals surface area contributed by atoms with Crippen LogP contribution in [0.15, 0.2) is 151 Å². The molecule has 9 aromatic rings. The van der Waals surface area contributed by atoms with Gasteiger partial charge in [-0.15, -0.1) is 0 Å². The maximum absolute atomic E-state index is 14.6. The van der Waals surface area contributed by atoms with Gasteiger partial charge in [0.05, 0.1) is 45.2 Å². The van der Waals surface area contributed by atoms with Crippen LogP contribution in [0.5, 0.6) is 0 Å². The minimum atomic E-state index is -0.142. The zero-order valence-electron chi connectivity index (χ0n) is 26.0. The van der Waals surface area contributed by atoms with Crippen LogP contribution in [0.1, 0.15) is 17.7 Å². The number of aromatic nitrogens is 5. The number of hydrogen-bond acceptors (Lipinski definition) is 2. The van der Waals surface area contributed by atoms with E-state index in [9.17, 15) is 4.79 Å². The second-order valence-corrected chi connectivity index (χ2v) is 12.4. The maximum atomic E-state index is 14.6. The van der Waals surface area contributed by atoms with Gasteiger partial charge >= 0.3 is 5.69 Å². The molecule has 0 unspecified atom stereocenters. The van der Waals surface area contributed by atoms with Crippen molar-refractivity contribution in [3.8, 4) is 22.7 Å². The molecule has 0 saturated carbocycles. The van der Waals surface area contributed by atoms with Crippen molar-refractivity contribution in [1.29, 1.82) is 0 Å². The second-order valence-electron chi connectivity index (χ2n) is 12.4. The fourth-order valence-corrected chi connectivity index (χ4v) is 7.75. The molecule has 1 aliphatic carbocycles. The fourth-order valence-electron chi connectivity index (χ4n) is 7.75. The van der Waals surface area contributed by atoms with Crippen LogP contribution < -0.4 is 5.69 Å². The molecule has 6 heteroatoms. The molecular formula is C42H29N5O. The minimum absolute atomic E-state index is 0.142. The van der Waals surface area contributed by atoms with E-state index in [0.717, 1.165) is 57.7 Å². The number of hydrogen-bond donors (Lipinski definition) is 0. The van der Waals surface area contributed by atoms with E-state index in [4.69, 9.17) is 0 Å². The van der Waals surface area contributed by atoms with E-state index in [0.29, 0.717) is 0 Å². The first kappa shape index (κ1) is 26.8. The molecule has 10 rings (SSSR count). The Bertz CT molecular complexity index is 2770. The number of imidazole rings is 1. The normalized spacial score (nSPS) is 12.8. The highest BCUT2D eigenvalue weighted by atomic mass is 16.1. The zero-order chi connectivity index (χ0) is 31.8. The first-order valence-corrected chi connectivity index (χ1v) is 16.3. The Kier molecular flexibility index (Phi) is 5.75. The number of rotatable bonds is 4. The minimum Gasteiger partial charge on any atom is -0.313 e. The van der Waals surface area contributed by atoms with E-state index >= 15 is 0 Å². The Balaban J connectivity index is 1.17. The van der Waals surface area contributed by atoms with Crippen LogP contribution in [0, 0.1) is 0 Å². The van der Waals surface area contributed by atoms with Gasteiger partial charge in [-0.05, 0) is 73.5 Å². The van der Waals surface area contributed by atoms with Crippen LogP contribution in [0.2, 0.25) is 0 Å². The molecule has 0 amide bonds. The largest absolute Gasteiger partial charge is 0.338 e. The highest BCUT2D eigenvalue weighted by Gasteiger charge is 2.21. The molecule has 0 spiro atoms. The van der Waals surface area contributed by atoms with Crippen LogP contribution in [0.3, 0.4) is 0 Å². The van der Waals surface area contributed by atoms with E-state index < -0.39 is 0 Å². The van der Waals surface area contributed by atoms with Gasteiger partial charge in [-0.3, -0.25) is 14.1 Å². The molecule has 5 aromatic carbocycles. The van der Waals surface area contributed by atoms with Gasteiger partial charge in [0, 0.05) is 45.0 Å². The lowest BCUT2D eigenvalue weighted by Crippen LogP contribution is -2.22. The third kappa shape index (κ3) is 3.80. The molecule has 0 bridgehead atoms.